The monoisotopic (exact) mass is 237 g/mol. The average Bonchev–Trinajstić information content (AvgIpc) is 2.30. The minimum absolute atomic E-state index is 0.344. The molecule has 0 amide bonds. The Labute approximate surface area is 104 Å². The molecule has 2 fully saturated rings. The summed E-state index contributed by atoms with van der Waals surface area (Å²) in [5, 5.41) is 10.7. The Kier molecular flexibility index (Phi) is 4.58. The van der Waals surface area contributed by atoms with E-state index in [0.717, 1.165) is 17.6 Å². The van der Waals surface area contributed by atoms with Gasteiger partial charge in [-0.1, -0.05) is 32.6 Å². The van der Waals surface area contributed by atoms with Gasteiger partial charge in [0.2, 0.25) is 0 Å². The number of hydrogen-bond donors (Lipinski definition) is 0. The van der Waals surface area contributed by atoms with Crippen molar-refractivity contribution in [3.63, 3.8) is 0 Å². The van der Waals surface area contributed by atoms with Crippen molar-refractivity contribution in [1.29, 1.82) is 5.26 Å². The lowest BCUT2D eigenvalue weighted by atomic mass is 9.89. The van der Waals surface area contributed by atoms with Crippen molar-refractivity contribution in [2.45, 2.75) is 68.8 Å². The lowest BCUT2D eigenvalue weighted by Gasteiger charge is -2.33. The fourth-order valence-corrected chi connectivity index (χ4v) is 5.08. The molecule has 0 aromatic carbocycles. The zero-order valence-electron chi connectivity index (χ0n) is 10.3. The molecule has 0 spiro atoms. The molecule has 0 saturated heterocycles. The van der Waals surface area contributed by atoms with E-state index in [2.05, 4.69) is 24.8 Å². The summed E-state index contributed by atoms with van der Waals surface area (Å²) in [6, 6.07) is 2.53. The molecule has 0 N–H and O–H groups in total. The molecule has 2 aliphatic rings. The van der Waals surface area contributed by atoms with Crippen LogP contribution in [0.1, 0.15) is 58.3 Å². The highest BCUT2D eigenvalue weighted by Crippen LogP contribution is 2.40. The highest BCUT2D eigenvalue weighted by Gasteiger charge is 2.29. The summed E-state index contributed by atoms with van der Waals surface area (Å²) >= 11 is 2.16. The van der Waals surface area contributed by atoms with E-state index in [4.69, 9.17) is 0 Å². The van der Waals surface area contributed by atoms with Gasteiger partial charge in [0, 0.05) is 10.5 Å². The fraction of sp³-hybridized carbons (Fsp3) is 0.929. The van der Waals surface area contributed by atoms with Crippen LogP contribution in [0.4, 0.5) is 0 Å². The molecule has 0 bridgehead atoms. The van der Waals surface area contributed by atoms with Gasteiger partial charge < -0.3 is 0 Å². The summed E-state index contributed by atoms with van der Waals surface area (Å²) in [5.41, 5.74) is 0. The topological polar surface area (TPSA) is 23.8 Å². The smallest absolute Gasteiger partial charge is 0.0667 e. The number of nitriles is 1. The second-order valence-corrected chi connectivity index (χ2v) is 7.13. The van der Waals surface area contributed by atoms with Crippen LogP contribution in [-0.2, 0) is 0 Å². The number of hydrogen-bond acceptors (Lipinski definition) is 2. The summed E-state index contributed by atoms with van der Waals surface area (Å²) in [5.74, 6) is 1.26. The summed E-state index contributed by atoms with van der Waals surface area (Å²) in [6.45, 7) is 2.38. The molecular weight excluding hydrogens is 214 g/mol. The van der Waals surface area contributed by atoms with Gasteiger partial charge in [0.15, 0.2) is 0 Å². The van der Waals surface area contributed by atoms with Crippen LogP contribution in [0.3, 0.4) is 0 Å². The molecule has 0 aromatic rings. The van der Waals surface area contributed by atoms with Gasteiger partial charge in [-0.2, -0.15) is 17.0 Å². The molecule has 0 radical (unpaired) electrons. The van der Waals surface area contributed by atoms with Crippen molar-refractivity contribution in [3.8, 4) is 6.07 Å². The number of thioether (sulfide) groups is 1. The maximum Gasteiger partial charge on any atom is 0.0667 e. The van der Waals surface area contributed by atoms with Gasteiger partial charge in [0.25, 0.3) is 0 Å². The van der Waals surface area contributed by atoms with Gasteiger partial charge in [-0.25, -0.2) is 0 Å². The standard InChI is InChI=1S/C14H23NS/c1-11-5-4-7-13(9-11)16-14-8-3-2-6-12(14)10-15/h11-14H,2-9H2,1H3. The Balaban J connectivity index is 1.85. The van der Waals surface area contributed by atoms with Gasteiger partial charge in [0.1, 0.15) is 0 Å². The van der Waals surface area contributed by atoms with Crippen molar-refractivity contribution in [1.82, 2.24) is 0 Å². The normalized spacial score (nSPS) is 40.2. The van der Waals surface area contributed by atoms with E-state index in [1.165, 1.54) is 44.9 Å². The third kappa shape index (κ3) is 3.17. The van der Waals surface area contributed by atoms with E-state index in [9.17, 15) is 5.26 Å². The van der Waals surface area contributed by atoms with Crippen LogP contribution in [0.2, 0.25) is 0 Å². The maximum atomic E-state index is 9.18. The third-order valence-corrected chi connectivity index (χ3v) is 5.85. The van der Waals surface area contributed by atoms with Gasteiger partial charge in [-0.05, 0) is 31.6 Å². The minimum atomic E-state index is 0.344. The first-order chi connectivity index (χ1) is 7.79. The predicted molar refractivity (Wildman–Crippen MR) is 70.4 cm³/mol. The second kappa shape index (κ2) is 5.96. The highest BCUT2D eigenvalue weighted by atomic mass is 32.2. The zero-order valence-corrected chi connectivity index (χ0v) is 11.1. The van der Waals surface area contributed by atoms with Crippen molar-refractivity contribution in [2.75, 3.05) is 0 Å². The maximum absolute atomic E-state index is 9.18. The minimum Gasteiger partial charge on any atom is -0.198 e. The lowest BCUT2D eigenvalue weighted by molar-refractivity contribution is 0.388. The SMILES string of the molecule is CC1CCCC(SC2CCCCC2C#N)C1. The summed E-state index contributed by atoms with van der Waals surface area (Å²) in [7, 11) is 0. The zero-order chi connectivity index (χ0) is 11.4. The van der Waals surface area contributed by atoms with Gasteiger partial charge >= 0.3 is 0 Å². The molecule has 0 aliphatic heterocycles. The van der Waals surface area contributed by atoms with Crippen LogP contribution in [0.25, 0.3) is 0 Å². The van der Waals surface area contributed by atoms with Crippen molar-refractivity contribution < 1.29 is 0 Å². The van der Waals surface area contributed by atoms with E-state index >= 15 is 0 Å². The van der Waals surface area contributed by atoms with E-state index in [-0.39, 0.29) is 0 Å². The summed E-state index contributed by atoms with van der Waals surface area (Å²) in [6.07, 6.45) is 10.7. The Morgan fingerprint density at radius 1 is 1.06 bits per heavy atom. The Hall–Kier alpha value is -0.160. The van der Waals surface area contributed by atoms with Crippen molar-refractivity contribution in [3.05, 3.63) is 0 Å². The Morgan fingerprint density at radius 3 is 2.62 bits per heavy atom. The molecule has 0 heterocycles. The first-order valence-electron chi connectivity index (χ1n) is 6.84. The summed E-state index contributed by atoms with van der Waals surface area (Å²) in [4.78, 5) is 0. The number of rotatable bonds is 2. The Bertz CT molecular complexity index is 258. The molecule has 0 aromatic heterocycles. The molecule has 4 unspecified atom stereocenters. The highest BCUT2D eigenvalue weighted by molar-refractivity contribution is 8.00. The first-order valence-corrected chi connectivity index (χ1v) is 7.79. The quantitative estimate of drug-likeness (QED) is 0.711. The molecule has 2 heteroatoms. The molecule has 4 atom stereocenters. The van der Waals surface area contributed by atoms with E-state index in [1.807, 2.05) is 0 Å². The molecule has 2 rings (SSSR count). The summed E-state index contributed by atoms with van der Waals surface area (Å²) < 4.78 is 0. The van der Waals surface area contributed by atoms with Gasteiger partial charge in [0.05, 0.1) is 12.0 Å². The molecule has 1 nitrogen and oxygen atoms in total. The van der Waals surface area contributed by atoms with Crippen LogP contribution in [0.15, 0.2) is 0 Å². The molecule has 2 aliphatic carbocycles. The second-order valence-electron chi connectivity index (χ2n) is 5.59. The predicted octanol–water partition coefficient (Wildman–Crippen LogP) is 4.38. The number of nitrogens with zero attached hydrogens (tertiary/aromatic N) is 1. The van der Waals surface area contributed by atoms with Crippen LogP contribution in [0, 0.1) is 23.2 Å². The molecule has 2 saturated carbocycles. The van der Waals surface area contributed by atoms with Gasteiger partial charge in [-0.3, -0.25) is 0 Å². The van der Waals surface area contributed by atoms with Crippen LogP contribution < -0.4 is 0 Å². The van der Waals surface area contributed by atoms with Crippen molar-refractivity contribution in [2.24, 2.45) is 11.8 Å². The third-order valence-electron chi connectivity index (χ3n) is 4.12. The van der Waals surface area contributed by atoms with E-state index < -0.39 is 0 Å². The van der Waals surface area contributed by atoms with Gasteiger partial charge in [-0.15, -0.1) is 0 Å². The van der Waals surface area contributed by atoms with Crippen LogP contribution in [0.5, 0.6) is 0 Å². The largest absolute Gasteiger partial charge is 0.198 e. The van der Waals surface area contributed by atoms with E-state index in [1.54, 1.807) is 0 Å². The fourth-order valence-electron chi connectivity index (χ4n) is 3.16. The van der Waals surface area contributed by atoms with E-state index in [0.29, 0.717) is 11.2 Å². The molecular formula is C14H23NS. The average molecular weight is 237 g/mol. The first kappa shape index (κ1) is 12.3. The lowest BCUT2D eigenvalue weighted by Crippen LogP contribution is -2.25. The Morgan fingerprint density at radius 2 is 1.88 bits per heavy atom. The van der Waals surface area contributed by atoms with Crippen LogP contribution >= 0.6 is 11.8 Å². The van der Waals surface area contributed by atoms with Crippen molar-refractivity contribution >= 4 is 11.8 Å². The molecule has 90 valence electrons. The molecule has 16 heavy (non-hydrogen) atoms. The van der Waals surface area contributed by atoms with Crippen LogP contribution in [-0.4, -0.2) is 10.5 Å².